The molecule has 0 fully saturated rings. The Morgan fingerprint density at radius 1 is 1.58 bits per heavy atom. The normalized spacial score (nSPS) is 13.6. The zero-order chi connectivity index (χ0) is 14.5. The Bertz CT molecular complexity index is 454. The van der Waals surface area contributed by atoms with Crippen molar-refractivity contribution < 1.29 is 29.1 Å². The molecule has 0 saturated carbocycles. The summed E-state index contributed by atoms with van der Waals surface area (Å²) in [6, 6.07) is 1.52. The highest BCUT2D eigenvalue weighted by Crippen LogP contribution is 2.10. The third kappa shape index (κ3) is 5.87. The molecular formula is C11H16N2O6. The van der Waals surface area contributed by atoms with Crippen LogP contribution in [0, 0.1) is 6.92 Å². The third-order valence-electron chi connectivity index (χ3n) is 2.16. The third-order valence-corrected chi connectivity index (χ3v) is 2.16. The molecular weight excluding hydrogens is 256 g/mol. The van der Waals surface area contributed by atoms with Crippen molar-refractivity contribution in [2.45, 2.75) is 25.9 Å². The SMILES string of the molecule is Cc1cc(OCC(=O)NCC(C)(O)CC(=O)O)no1. The number of amides is 1. The van der Waals surface area contributed by atoms with Gasteiger partial charge >= 0.3 is 5.97 Å². The summed E-state index contributed by atoms with van der Waals surface area (Å²) in [6.07, 6.45) is -0.462. The van der Waals surface area contributed by atoms with Crippen LogP contribution in [0.3, 0.4) is 0 Å². The molecule has 1 heterocycles. The standard InChI is InChI=1S/C11H16N2O6/c1-7-3-9(13-19-7)18-5-8(14)12-6-11(2,17)4-10(15)16/h3,17H,4-6H2,1-2H3,(H,12,14)(H,15,16). The molecule has 0 aromatic carbocycles. The first-order chi connectivity index (χ1) is 8.78. The van der Waals surface area contributed by atoms with Gasteiger partial charge in [0.15, 0.2) is 6.61 Å². The Morgan fingerprint density at radius 2 is 2.26 bits per heavy atom. The fourth-order valence-corrected chi connectivity index (χ4v) is 1.28. The number of hydrogen-bond donors (Lipinski definition) is 3. The van der Waals surface area contributed by atoms with Gasteiger partial charge in [0.2, 0.25) is 0 Å². The van der Waals surface area contributed by atoms with Gasteiger partial charge in [-0.15, -0.1) is 0 Å². The lowest BCUT2D eigenvalue weighted by Gasteiger charge is -2.21. The number of rotatable bonds is 7. The number of carbonyl (C=O) groups is 2. The van der Waals surface area contributed by atoms with Gasteiger partial charge in [-0.2, -0.15) is 0 Å². The van der Waals surface area contributed by atoms with Crippen molar-refractivity contribution in [2.24, 2.45) is 0 Å². The molecule has 19 heavy (non-hydrogen) atoms. The predicted molar refractivity (Wildman–Crippen MR) is 62.6 cm³/mol. The maximum Gasteiger partial charge on any atom is 0.306 e. The molecule has 0 bridgehead atoms. The van der Waals surface area contributed by atoms with Gasteiger partial charge in [0, 0.05) is 12.6 Å². The molecule has 8 heteroatoms. The number of aliphatic carboxylic acids is 1. The summed E-state index contributed by atoms with van der Waals surface area (Å²) in [7, 11) is 0. The van der Waals surface area contributed by atoms with Gasteiger partial charge in [-0.05, 0) is 19.0 Å². The van der Waals surface area contributed by atoms with Crippen LogP contribution in [0.2, 0.25) is 0 Å². The van der Waals surface area contributed by atoms with Crippen LogP contribution in [0.4, 0.5) is 0 Å². The summed E-state index contributed by atoms with van der Waals surface area (Å²) >= 11 is 0. The molecule has 106 valence electrons. The van der Waals surface area contributed by atoms with Crippen molar-refractivity contribution in [3.05, 3.63) is 11.8 Å². The van der Waals surface area contributed by atoms with E-state index in [0.717, 1.165) is 0 Å². The highest BCUT2D eigenvalue weighted by atomic mass is 16.5. The van der Waals surface area contributed by atoms with E-state index in [9.17, 15) is 14.7 Å². The number of hydrogen-bond acceptors (Lipinski definition) is 6. The molecule has 0 spiro atoms. The summed E-state index contributed by atoms with van der Waals surface area (Å²) in [6.45, 7) is 2.53. The number of aliphatic hydroxyl groups is 1. The van der Waals surface area contributed by atoms with Gasteiger partial charge < -0.3 is 24.8 Å². The first kappa shape index (κ1) is 15.0. The van der Waals surface area contributed by atoms with Crippen molar-refractivity contribution in [1.82, 2.24) is 10.5 Å². The largest absolute Gasteiger partial charge is 0.481 e. The van der Waals surface area contributed by atoms with Crippen LogP contribution in [0.15, 0.2) is 10.6 Å². The Morgan fingerprint density at radius 3 is 2.79 bits per heavy atom. The van der Waals surface area contributed by atoms with Gasteiger partial charge in [0.1, 0.15) is 5.76 Å². The van der Waals surface area contributed by atoms with Crippen molar-refractivity contribution in [3.63, 3.8) is 0 Å². The minimum Gasteiger partial charge on any atom is -0.481 e. The fraction of sp³-hybridized carbons (Fsp3) is 0.545. The lowest BCUT2D eigenvalue weighted by atomic mass is 10.0. The lowest BCUT2D eigenvalue weighted by Crippen LogP contribution is -2.43. The second kappa shape index (κ2) is 6.19. The van der Waals surface area contributed by atoms with Crippen LogP contribution < -0.4 is 10.1 Å². The van der Waals surface area contributed by atoms with Crippen molar-refractivity contribution in [2.75, 3.05) is 13.2 Å². The van der Waals surface area contributed by atoms with E-state index in [1.807, 2.05) is 0 Å². The number of ether oxygens (including phenoxy) is 1. The minimum atomic E-state index is -1.51. The lowest BCUT2D eigenvalue weighted by molar-refractivity contribution is -0.142. The van der Waals surface area contributed by atoms with Crippen molar-refractivity contribution in [3.8, 4) is 5.88 Å². The molecule has 1 aromatic heterocycles. The van der Waals surface area contributed by atoms with Crippen LogP contribution in [-0.4, -0.2) is 46.0 Å². The quantitative estimate of drug-likeness (QED) is 0.623. The Balaban J connectivity index is 2.30. The molecule has 8 nitrogen and oxygen atoms in total. The van der Waals surface area contributed by atoms with Gasteiger partial charge in [-0.25, -0.2) is 0 Å². The van der Waals surface area contributed by atoms with Crippen LogP contribution in [0.25, 0.3) is 0 Å². The maximum atomic E-state index is 11.4. The number of carboxylic acids is 1. The molecule has 0 saturated heterocycles. The highest BCUT2D eigenvalue weighted by molar-refractivity contribution is 5.77. The summed E-state index contributed by atoms with van der Waals surface area (Å²) in [5, 5.41) is 24.1. The number of carboxylic acid groups (broad SMARTS) is 1. The molecule has 0 aliphatic rings. The van der Waals surface area contributed by atoms with Crippen LogP contribution >= 0.6 is 0 Å². The number of nitrogens with one attached hydrogen (secondary N) is 1. The average molecular weight is 272 g/mol. The van der Waals surface area contributed by atoms with E-state index < -0.39 is 23.9 Å². The molecule has 0 aliphatic heterocycles. The molecule has 1 rings (SSSR count). The van der Waals surface area contributed by atoms with E-state index >= 15 is 0 Å². The molecule has 0 aliphatic carbocycles. The fourth-order valence-electron chi connectivity index (χ4n) is 1.28. The molecule has 1 unspecified atom stereocenters. The Hall–Kier alpha value is -2.09. The van der Waals surface area contributed by atoms with Gasteiger partial charge in [0.05, 0.1) is 12.0 Å². The number of aromatic nitrogens is 1. The Labute approximate surface area is 109 Å². The Kier molecular flexibility index (Phi) is 4.87. The minimum absolute atomic E-state index is 0.181. The molecule has 1 atom stereocenters. The zero-order valence-electron chi connectivity index (χ0n) is 10.7. The van der Waals surface area contributed by atoms with E-state index in [2.05, 4.69) is 10.5 Å². The zero-order valence-corrected chi connectivity index (χ0v) is 10.7. The molecule has 0 radical (unpaired) electrons. The average Bonchev–Trinajstić information content (AvgIpc) is 2.68. The first-order valence-corrected chi connectivity index (χ1v) is 5.55. The summed E-state index contributed by atoms with van der Waals surface area (Å²) in [5.74, 6) is -0.898. The van der Waals surface area contributed by atoms with E-state index in [4.69, 9.17) is 14.4 Å². The van der Waals surface area contributed by atoms with Crippen molar-refractivity contribution >= 4 is 11.9 Å². The first-order valence-electron chi connectivity index (χ1n) is 5.55. The number of carbonyl (C=O) groups excluding carboxylic acids is 1. The molecule has 1 aromatic rings. The van der Waals surface area contributed by atoms with E-state index in [-0.39, 0.29) is 19.0 Å². The van der Waals surface area contributed by atoms with Gasteiger partial charge in [0.25, 0.3) is 11.8 Å². The monoisotopic (exact) mass is 272 g/mol. The number of nitrogens with zero attached hydrogens (tertiary/aromatic N) is 1. The summed E-state index contributed by atoms with van der Waals surface area (Å²) in [5.41, 5.74) is -1.51. The van der Waals surface area contributed by atoms with Crippen LogP contribution in [0.1, 0.15) is 19.1 Å². The van der Waals surface area contributed by atoms with Crippen molar-refractivity contribution in [1.29, 1.82) is 0 Å². The second-order valence-corrected chi connectivity index (χ2v) is 4.41. The van der Waals surface area contributed by atoms with Crippen LogP contribution in [-0.2, 0) is 9.59 Å². The van der Waals surface area contributed by atoms with E-state index in [1.54, 1.807) is 6.92 Å². The maximum absolute atomic E-state index is 11.4. The van der Waals surface area contributed by atoms with E-state index in [1.165, 1.54) is 13.0 Å². The second-order valence-electron chi connectivity index (χ2n) is 4.41. The van der Waals surface area contributed by atoms with Crippen LogP contribution in [0.5, 0.6) is 5.88 Å². The summed E-state index contributed by atoms with van der Waals surface area (Å²) < 4.78 is 9.76. The topological polar surface area (TPSA) is 122 Å². The predicted octanol–water partition coefficient (Wildman–Crippen LogP) is -0.296. The smallest absolute Gasteiger partial charge is 0.306 e. The van der Waals surface area contributed by atoms with Gasteiger partial charge in [-0.1, -0.05) is 0 Å². The van der Waals surface area contributed by atoms with Gasteiger partial charge in [-0.3, -0.25) is 9.59 Å². The highest BCUT2D eigenvalue weighted by Gasteiger charge is 2.24. The summed E-state index contributed by atoms with van der Waals surface area (Å²) in [4.78, 5) is 21.9. The van der Waals surface area contributed by atoms with E-state index in [0.29, 0.717) is 5.76 Å². The molecule has 1 amide bonds. The number of aryl methyl sites for hydroxylation is 1. The molecule has 3 N–H and O–H groups in total.